The number of rotatable bonds is 8. The van der Waals surface area contributed by atoms with Crippen molar-refractivity contribution < 1.29 is 27.9 Å². The number of ether oxygens (including phenoxy) is 2. The first kappa shape index (κ1) is 21.1. The number of ketones is 1. The van der Waals surface area contributed by atoms with E-state index in [1.165, 1.54) is 25.3 Å². The van der Waals surface area contributed by atoms with Gasteiger partial charge in [0.05, 0.1) is 19.9 Å². The lowest BCUT2D eigenvalue weighted by Crippen LogP contribution is -2.12. The lowest BCUT2D eigenvalue weighted by Gasteiger charge is -2.07. The minimum Gasteiger partial charge on any atom is -0.494 e. The predicted molar refractivity (Wildman–Crippen MR) is 109 cm³/mol. The summed E-state index contributed by atoms with van der Waals surface area (Å²) in [5.74, 6) is -0.945. The Hall–Kier alpha value is -3.61. The van der Waals surface area contributed by atoms with Gasteiger partial charge in [-0.1, -0.05) is 0 Å². The van der Waals surface area contributed by atoms with Crippen molar-refractivity contribution in [2.75, 3.05) is 13.7 Å². The van der Waals surface area contributed by atoms with Crippen LogP contribution in [0.5, 0.6) is 5.75 Å². The van der Waals surface area contributed by atoms with Gasteiger partial charge < -0.3 is 18.5 Å². The Morgan fingerprint density at radius 3 is 2.67 bits per heavy atom. The van der Waals surface area contributed by atoms with Gasteiger partial charge in [0.15, 0.2) is 24.0 Å². The van der Waals surface area contributed by atoms with Crippen LogP contribution in [0.25, 0.3) is 6.08 Å². The van der Waals surface area contributed by atoms with Crippen molar-refractivity contribution in [1.29, 1.82) is 0 Å². The number of carbonyl (C=O) groups is 2. The molecule has 0 saturated heterocycles. The molecule has 156 valence electrons. The average Bonchev–Trinajstić information content (AvgIpc) is 3.34. The number of hydrogen-bond donors (Lipinski definition) is 0. The smallest absolute Gasteiger partial charge is 0.331 e. The highest BCUT2D eigenvalue weighted by atomic mass is 19.1. The van der Waals surface area contributed by atoms with Crippen LogP contribution in [0.2, 0.25) is 0 Å². The number of halogens is 1. The normalized spacial score (nSPS) is 11.1. The second-order valence-corrected chi connectivity index (χ2v) is 6.71. The van der Waals surface area contributed by atoms with E-state index in [0.29, 0.717) is 6.54 Å². The summed E-state index contributed by atoms with van der Waals surface area (Å²) in [6, 6.07) is 9.51. The highest BCUT2D eigenvalue weighted by Crippen LogP contribution is 2.19. The summed E-state index contributed by atoms with van der Waals surface area (Å²) >= 11 is 0. The zero-order valence-corrected chi connectivity index (χ0v) is 17.0. The number of nitrogens with zero attached hydrogens (tertiary/aromatic N) is 1. The molecule has 7 heteroatoms. The number of benzene rings is 1. The third-order valence-corrected chi connectivity index (χ3v) is 4.73. The van der Waals surface area contributed by atoms with E-state index in [4.69, 9.17) is 13.9 Å². The standard InChI is InChI=1S/C23H22FNO5/c1-15-11-17(16(2)25(15)13-19-5-4-10-29-19)7-9-23(27)30-14-21(26)18-6-8-22(28-3)20(24)12-18/h4-12H,13-14H2,1-3H3/b9-7+. The average molecular weight is 411 g/mol. The first-order valence-electron chi connectivity index (χ1n) is 9.29. The third kappa shape index (κ3) is 4.86. The van der Waals surface area contributed by atoms with Crippen LogP contribution in [0.1, 0.15) is 33.1 Å². The van der Waals surface area contributed by atoms with E-state index in [9.17, 15) is 14.0 Å². The fourth-order valence-corrected chi connectivity index (χ4v) is 3.06. The Kier molecular flexibility index (Phi) is 6.51. The summed E-state index contributed by atoms with van der Waals surface area (Å²) in [6.45, 7) is 4.03. The van der Waals surface area contributed by atoms with E-state index in [1.54, 1.807) is 12.3 Å². The number of esters is 1. The van der Waals surface area contributed by atoms with Gasteiger partial charge in [0, 0.05) is 23.0 Å². The number of methoxy groups -OCH3 is 1. The van der Waals surface area contributed by atoms with Crippen LogP contribution >= 0.6 is 0 Å². The van der Waals surface area contributed by atoms with Crippen molar-refractivity contribution in [3.05, 3.63) is 82.8 Å². The minimum atomic E-state index is -0.659. The summed E-state index contributed by atoms with van der Waals surface area (Å²) in [6.07, 6.45) is 4.53. The molecule has 0 radical (unpaired) electrons. The molecule has 2 heterocycles. The van der Waals surface area contributed by atoms with Crippen LogP contribution in [0.4, 0.5) is 4.39 Å². The fraction of sp³-hybridized carbons (Fsp3) is 0.217. The van der Waals surface area contributed by atoms with Gasteiger partial charge in [-0.3, -0.25) is 4.79 Å². The van der Waals surface area contributed by atoms with E-state index in [-0.39, 0.29) is 11.3 Å². The first-order chi connectivity index (χ1) is 14.4. The summed E-state index contributed by atoms with van der Waals surface area (Å²) in [5, 5.41) is 0. The van der Waals surface area contributed by atoms with E-state index >= 15 is 0 Å². The fourth-order valence-electron chi connectivity index (χ4n) is 3.06. The lowest BCUT2D eigenvalue weighted by atomic mass is 10.1. The van der Waals surface area contributed by atoms with E-state index in [1.807, 2.05) is 32.0 Å². The second-order valence-electron chi connectivity index (χ2n) is 6.71. The SMILES string of the molecule is COc1ccc(C(=O)COC(=O)/C=C/c2cc(C)n(Cc3ccco3)c2C)cc1F. The topological polar surface area (TPSA) is 70.7 Å². The molecule has 3 aromatic rings. The Morgan fingerprint density at radius 2 is 2.00 bits per heavy atom. The molecular weight excluding hydrogens is 389 g/mol. The molecule has 0 spiro atoms. The second kappa shape index (κ2) is 9.26. The lowest BCUT2D eigenvalue weighted by molar-refractivity contribution is -0.136. The minimum absolute atomic E-state index is 0.0381. The molecule has 6 nitrogen and oxygen atoms in total. The number of Topliss-reactive ketones (excluding diaryl/α,β-unsaturated/α-hetero) is 1. The zero-order chi connectivity index (χ0) is 21.7. The Labute approximate surface area is 173 Å². The highest BCUT2D eigenvalue weighted by Gasteiger charge is 2.13. The largest absolute Gasteiger partial charge is 0.494 e. The van der Waals surface area contributed by atoms with Gasteiger partial charge in [-0.2, -0.15) is 0 Å². The molecule has 1 aromatic carbocycles. The first-order valence-corrected chi connectivity index (χ1v) is 9.29. The van der Waals surface area contributed by atoms with Gasteiger partial charge in [0.1, 0.15) is 5.76 Å². The third-order valence-electron chi connectivity index (χ3n) is 4.73. The van der Waals surface area contributed by atoms with Gasteiger partial charge in [-0.15, -0.1) is 0 Å². The van der Waals surface area contributed by atoms with Gasteiger partial charge >= 0.3 is 5.97 Å². The number of hydrogen-bond acceptors (Lipinski definition) is 5. The summed E-state index contributed by atoms with van der Waals surface area (Å²) in [7, 11) is 1.34. The monoisotopic (exact) mass is 411 g/mol. The van der Waals surface area contributed by atoms with Crippen LogP contribution in [0, 0.1) is 19.7 Å². The van der Waals surface area contributed by atoms with Crippen molar-refractivity contribution in [2.45, 2.75) is 20.4 Å². The maximum absolute atomic E-state index is 13.7. The van der Waals surface area contributed by atoms with Gasteiger partial charge in [-0.05, 0) is 61.9 Å². The van der Waals surface area contributed by atoms with Crippen molar-refractivity contribution in [2.24, 2.45) is 0 Å². The van der Waals surface area contributed by atoms with E-state index in [0.717, 1.165) is 28.8 Å². The Bertz CT molecular complexity index is 1080. The van der Waals surface area contributed by atoms with Gasteiger partial charge in [0.2, 0.25) is 0 Å². The maximum Gasteiger partial charge on any atom is 0.331 e. The van der Waals surface area contributed by atoms with Crippen LogP contribution in [-0.4, -0.2) is 30.0 Å². The molecular formula is C23H22FNO5. The molecule has 3 rings (SSSR count). The number of aromatic nitrogens is 1. The zero-order valence-electron chi connectivity index (χ0n) is 17.0. The predicted octanol–water partition coefficient (Wildman–Crippen LogP) is 4.33. The molecule has 0 aliphatic heterocycles. The highest BCUT2D eigenvalue weighted by molar-refractivity contribution is 5.99. The van der Waals surface area contributed by atoms with Gasteiger partial charge in [0.25, 0.3) is 0 Å². The van der Waals surface area contributed by atoms with Gasteiger partial charge in [-0.25, -0.2) is 9.18 Å². The molecule has 0 fully saturated rings. The molecule has 0 atom stereocenters. The molecule has 0 saturated carbocycles. The molecule has 0 bridgehead atoms. The van der Waals surface area contributed by atoms with Crippen LogP contribution in [-0.2, 0) is 16.1 Å². The number of aryl methyl sites for hydroxylation is 1. The quantitative estimate of drug-likeness (QED) is 0.313. The van der Waals surface area contributed by atoms with Crippen LogP contribution in [0.3, 0.4) is 0 Å². The summed E-state index contributed by atoms with van der Waals surface area (Å²) in [5.41, 5.74) is 2.96. The summed E-state index contributed by atoms with van der Waals surface area (Å²) < 4.78 is 31.0. The van der Waals surface area contributed by atoms with Crippen LogP contribution in [0.15, 0.2) is 53.2 Å². The van der Waals surface area contributed by atoms with E-state index < -0.39 is 24.2 Å². The molecule has 2 aromatic heterocycles. The van der Waals surface area contributed by atoms with Crippen molar-refractivity contribution in [3.8, 4) is 5.75 Å². The number of carbonyl (C=O) groups excluding carboxylic acids is 2. The molecule has 0 N–H and O–H groups in total. The molecule has 0 aliphatic rings. The van der Waals surface area contributed by atoms with Crippen molar-refractivity contribution in [1.82, 2.24) is 4.57 Å². The Balaban J connectivity index is 1.59. The maximum atomic E-state index is 13.7. The van der Waals surface area contributed by atoms with E-state index in [2.05, 4.69) is 4.57 Å². The van der Waals surface area contributed by atoms with Crippen molar-refractivity contribution in [3.63, 3.8) is 0 Å². The molecule has 0 unspecified atom stereocenters. The Morgan fingerprint density at radius 1 is 1.20 bits per heavy atom. The number of furan rings is 1. The molecule has 0 amide bonds. The molecule has 0 aliphatic carbocycles. The van der Waals surface area contributed by atoms with Crippen LogP contribution < -0.4 is 4.74 Å². The van der Waals surface area contributed by atoms with Crippen molar-refractivity contribution >= 4 is 17.8 Å². The summed E-state index contributed by atoms with van der Waals surface area (Å²) in [4.78, 5) is 24.1. The molecule has 30 heavy (non-hydrogen) atoms.